The van der Waals surface area contributed by atoms with Crippen molar-refractivity contribution in [3.8, 4) is 0 Å². The molecule has 1 aromatic rings. The molecule has 0 aliphatic carbocycles. The second-order valence-electron chi connectivity index (χ2n) is 3.76. The Labute approximate surface area is 107 Å². The van der Waals surface area contributed by atoms with Crippen molar-refractivity contribution in [2.75, 3.05) is 13.1 Å². The van der Waals surface area contributed by atoms with Gasteiger partial charge in [-0.25, -0.2) is 10.8 Å². The summed E-state index contributed by atoms with van der Waals surface area (Å²) in [5, 5.41) is 6.35. The Hall–Kier alpha value is -1.14. The Bertz CT molecular complexity index is 347. The Morgan fingerprint density at radius 1 is 1.59 bits per heavy atom. The van der Waals surface area contributed by atoms with Crippen LogP contribution in [0.2, 0.25) is 0 Å². The van der Waals surface area contributed by atoms with Crippen LogP contribution in [0.4, 0.5) is 0 Å². The average molecular weight is 255 g/mol. The SMILES string of the molecule is CCCCN=C(NN)NCCc1csc(C)n1. The fourth-order valence-corrected chi connectivity index (χ4v) is 1.98. The zero-order valence-corrected chi connectivity index (χ0v) is 11.3. The molecule has 4 N–H and O–H groups in total. The zero-order chi connectivity index (χ0) is 12.5. The molecule has 96 valence electrons. The highest BCUT2D eigenvalue weighted by Crippen LogP contribution is 2.07. The highest BCUT2D eigenvalue weighted by Gasteiger charge is 1.99. The van der Waals surface area contributed by atoms with E-state index in [2.05, 4.69) is 33.0 Å². The van der Waals surface area contributed by atoms with Crippen molar-refractivity contribution in [2.45, 2.75) is 33.1 Å². The van der Waals surface area contributed by atoms with E-state index in [0.29, 0.717) is 5.96 Å². The first-order valence-corrected chi connectivity index (χ1v) is 6.80. The van der Waals surface area contributed by atoms with E-state index in [1.165, 1.54) is 0 Å². The van der Waals surface area contributed by atoms with Crippen LogP contribution in [0.15, 0.2) is 10.4 Å². The normalized spacial score (nSPS) is 11.6. The molecule has 17 heavy (non-hydrogen) atoms. The summed E-state index contributed by atoms with van der Waals surface area (Å²) < 4.78 is 0. The number of hydrogen-bond acceptors (Lipinski definition) is 4. The van der Waals surface area contributed by atoms with E-state index in [9.17, 15) is 0 Å². The number of hydrogen-bond donors (Lipinski definition) is 3. The first-order valence-electron chi connectivity index (χ1n) is 5.92. The molecular weight excluding hydrogens is 234 g/mol. The largest absolute Gasteiger partial charge is 0.355 e. The maximum atomic E-state index is 5.38. The number of hydrazine groups is 1. The summed E-state index contributed by atoms with van der Waals surface area (Å²) in [7, 11) is 0. The molecule has 0 fully saturated rings. The summed E-state index contributed by atoms with van der Waals surface area (Å²) in [6.07, 6.45) is 3.11. The monoisotopic (exact) mass is 255 g/mol. The van der Waals surface area contributed by atoms with Crippen molar-refractivity contribution in [3.05, 3.63) is 16.1 Å². The molecule has 1 heterocycles. The first kappa shape index (κ1) is 13.9. The molecule has 0 saturated carbocycles. The summed E-state index contributed by atoms with van der Waals surface area (Å²) in [5.74, 6) is 6.04. The summed E-state index contributed by atoms with van der Waals surface area (Å²) in [6, 6.07) is 0. The van der Waals surface area contributed by atoms with Gasteiger partial charge in [0.2, 0.25) is 5.96 Å². The minimum Gasteiger partial charge on any atom is -0.355 e. The van der Waals surface area contributed by atoms with Crippen molar-refractivity contribution in [3.63, 3.8) is 0 Å². The number of aromatic nitrogens is 1. The van der Waals surface area contributed by atoms with Gasteiger partial charge in [-0.2, -0.15) is 0 Å². The highest BCUT2D eigenvalue weighted by molar-refractivity contribution is 7.09. The molecule has 0 unspecified atom stereocenters. The number of guanidine groups is 1. The Morgan fingerprint density at radius 2 is 2.41 bits per heavy atom. The van der Waals surface area contributed by atoms with E-state index in [1.54, 1.807) is 11.3 Å². The van der Waals surface area contributed by atoms with Gasteiger partial charge in [0, 0.05) is 24.9 Å². The molecule has 6 heteroatoms. The Balaban J connectivity index is 2.25. The predicted octanol–water partition coefficient (Wildman–Crippen LogP) is 1.20. The van der Waals surface area contributed by atoms with Crippen LogP contribution in [0.1, 0.15) is 30.5 Å². The van der Waals surface area contributed by atoms with E-state index in [0.717, 1.165) is 43.1 Å². The molecule has 0 radical (unpaired) electrons. The number of nitrogens with one attached hydrogen (secondary N) is 2. The minimum atomic E-state index is 0.658. The predicted molar refractivity (Wildman–Crippen MR) is 73.1 cm³/mol. The lowest BCUT2D eigenvalue weighted by molar-refractivity contribution is 0.766. The van der Waals surface area contributed by atoms with E-state index in [1.807, 2.05) is 6.92 Å². The van der Waals surface area contributed by atoms with E-state index in [-0.39, 0.29) is 0 Å². The van der Waals surface area contributed by atoms with Gasteiger partial charge in [-0.05, 0) is 13.3 Å². The molecule has 1 aromatic heterocycles. The third kappa shape index (κ3) is 5.65. The molecule has 0 spiro atoms. The number of aryl methyl sites for hydroxylation is 1. The van der Waals surface area contributed by atoms with Crippen LogP contribution in [0.3, 0.4) is 0 Å². The Morgan fingerprint density at radius 3 is 3.00 bits per heavy atom. The average Bonchev–Trinajstić information content (AvgIpc) is 2.73. The van der Waals surface area contributed by atoms with Gasteiger partial charge in [0.1, 0.15) is 0 Å². The fourth-order valence-electron chi connectivity index (χ4n) is 1.33. The number of thiazole rings is 1. The van der Waals surface area contributed by atoms with Gasteiger partial charge in [-0.15, -0.1) is 11.3 Å². The van der Waals surface area contributed by atoms with Gasteiger partial charge >= 0.3 is 0 Å². The van der Waals surface area contributed by atoms with E-state index >= 15 is 0 Å². The topological polar surface area (TPSA) is 75.3 Å². The van der Waals surface area contributed by atoms with Crippen LogP contribution in [0.25, 0.3) is 0 Å². The third-order valence-corrected chi connectivity index (χ3v) is 3.08. The number of nitrogens with two attached hydrogens (primary N) is 1. The number of aliphatic imine (C=N–C) groups is 1. The summed E-state index contributed by atoms with van der Waals surface area (Å²) in [5.41, 5.74) is 3.69. The molecule has 0 aromatic carbocycles. The van der Waals surface area contributed by atoms with Gasteiger partial charge < -0.3 is 5.32 Å². The third-order valence-electron chi connectivity index (χ3n) is 2.26. The van der Waals surface area contributed by atoms with Gasteiger partial charge in [0.05, 0.1) is 10.7 Å². The van der Waals surface area contributed by atoms with Crippen molar-refractivity contribution in [1.29, 1.82) is 0 Å². The lowest BCUT2D eigenvalue weighted by atomic mass is 10.3. The zero-order valence-electron chi connectivity index (χ0n) is 10.5. The van der Waals surface area contributed by atoms with Crippen LogP contribution in [0.5, 0.6) is 0 Å². The van der Waals surface area contributed by atoms with Crippen molar-refractivity contribution in [2.24, 2.45) is 10.8 Å². The van der Waals surface area contributed by atoms with Crippen LogP contribution >= 0.6 is 11.3 Å². The molecule has 0 aliphatic rings. The molecule has 0 atom stereocenters. The van der Waals surface area contributed by atoms with Crippen LogP contribution in [-0.4, -0.2) is 24.0 Å². The molecule has 0 bridgehead atoms. The van der Waals surface area contributed by atoms with Crippen LogP contribution in [-0.2, 0) is 6.42 Å². The smallest absolute Gasteiger partial charge is 0.205 e. The van der Waals surface area contributed by atoms with Crippen molar-refractivity contribution < 1.29 is 0 Å². The fraction of sp³-hybridized carbons (Fsp3) is 0.636. The Kier molecular flexibility index (Phi) is 6.57. The molecular formula is C11H21N5S. The maximum Gasteiger partial charge on any atom is 0.205 e. The van der Waals surface area contributed by atoms with Crippen molar-refractivity contribution >= 4 is 17.3 Å². The second-order valence-corrected chi connectivity index (χ2v) is 4.83. The maximum absolute atomic E-state index is 5.38. The van der Waals surface area contributed by atoms with Gasteiger partial charge in [0.15, 0.2) is 0 Å². The summed E-state index contributed by atoms with van der Waals surface area (Å²) in [6.45, 7) is 5.75. The summed E-state index contributed by atoms with van der Waals surface area (Å²) >= 11 is 1.68. The second kappa shape index (κ2) is 8.03. The van der Waals surface area contributed by atoms with Crippen LogP contribution < -0.4 is 16.6 Å². The summed E-state index contributed by atoms with van der Waals surface area (Å²) in [4.78, 5) is 8.72. The molecule has 0 aliphatic heterocycles. The minimum absolute atomic E-state index is 0.658. The first-order chi connectivity index (χ1) is 8.26. The molecule has 0 saturated heterocycles. The van der Waals surface area contributed by atoms with E-state index < -0.39 is 0 Å². The van der Waals surface area contributed by atoms with Gasteiger partial charge in [0.25, 0.3) is 0 Å². The lowest BCUT2D eigenvalue weighted by Crippen LogP contribution is -2.42. The highest BCUT2D eigenvalue weighted by atomic mass is 32.1. The molecule has 0 amide bonds. The van der Waals surface area contributed by atoms with Crippen LogP contribution in [0, 0.1) is 6.92 Å². The molecule has 5 nitrogen and oxygen atoms in total. The van der Waals surface area contributed by atoms with Gasteiger partial charge in [-0.3, -0.25) is 10.4 Å². The quantitative estimate of drug-likeness (QED) is 0.235. The lowest BCUT2D eigenvalue weighted by Gasteiger charge is -2.07. The number of unbranched alkanes of at least 4 members (excludes halogenated alkanes) is 1. The van der Waals surface area contributed by atoms with E-state index in [4.69, 9.17) is 5.84 Å². The van der Waals surface area contributed by atoms with Gasteiger partial charge in [-0.1, -0.05) is 13.3 Å². The standard InChI is InChI=1S/C11H21N5S/c1-3-4-6-13-11(16-12)14-7-5-10-8-17-9(2)15-10/h8H,3-7,12H2,1-2H3,(H2,13,14,16). The number of nitrogens with zero attached hydrogens (tertiary/aromatic N) is 2. The number of rotatable bonds is 6. The molecule has 1 rings (SSSR count). The van der Waals surface area contributed by atoms with Crippen molar-refractivity contribution in [1.82, 2.24) is 15.7 Å².